The Kier molecular flexibility index (Phi) is 16.5. The highest BCUT2D eigenvalue weighted by Gasteiger charge is 2.12. The molecule has 222 valence electrons. The first-order valence-electron chi connectivity index (χ1n) is 14.8. The Hall–Kier alpha value is -3.84. The van der Waals surface area contributed by atoms with E-state index in [1.54, 1.807) is 18.7 Å². The summed E-state index contributed by atoms with van der Waals surface area (Å²) in [5.41, 5.74) is 11.5. The molecule has 3 rings (SSSR count). The molecule has 3 aromatic rings. The minimum Gasteiger partial charge on any atom is -0.404 e. The van der Waals surface area contributed by atoms with Crippen LogP contribution in [0, 0.1) is 0 Å². The molecule has 0 radical (unpaired) electrons. The molecule has 2 heterocycles. The predicted octanol–water partition coefficient (Wildman–Crippen LogP) is 8.29. The number of hydrogen-bond donors (Lipinski definition) is 2. The summed E-state index contributed by atoms with van der Waals surface area (Å²) in [6, 6.07) is 11.0. The molecule has 0 atom stereocenters. The van der Waals surface area contributed by atoms with E-state index in [-0.39, 0.29) is 0 Å². The average molecular weight is 558 g/mol. The van der Waals surface area contributed by atoms with Gasteiger partial charge < -0.3 is 11.1 Å². The molecular weight excluding hydrogens is 506 g/mol. The first-order valence-corrected chi connectivity index (χ1v) is 14.8. The molecule has 0 spiro atoms. The summed E-state index contributed by atoms with van der Waals surface area (Å²) in [7, 11) is 0. The fraction of sp³-hybridized carbons (Fsp3) is 0.412. The number of pyridine rings is 1. The maximum Gasteiger partial charge on any atom is 0.141 e. The zero-order valence-electron chi connectivity index (χ0n) is 26.8. The van der Waals surface area contributed by atoms with E-state index in [9.17, 15) is 0 Å². The lowest BCUT2D eigenvalue weighted by Crippen LogP contribution is -2.38. The molecule has 0 unspecified atom stereocenters. The van der Waals surface area contributed by atoms with Crippen molar-refractivity contribution in [3.63, 3.8) is 0 Å². The quantitative estimate of drug-likeness (QED) is 0.182. The fourth-order valence-corrected chi connectivity index (χ4v) is 4.31. The molecule has 0 saturated heterocycles. The van der Waals surface area contributed by atoms with E-state index in [2.05, 4.69) is 57.9 Å². The molecule has 0 amide bonds. The lowest BCUT2D eigenvalue weighted by atomic mass is 10.1. The number of nitrogens with two attached hydrogens (primary N) is 1. The Morgan fingerprint density at radius 3 is 2.27 bits per heavy atom. The van der Waals surface area contributed by atoms with Gasteiger partial charge in [-0.05, 0) is 76.9 Å². The molecule has 41 heavy (non-hydrogen) atoms. The summed E-state index contributed by atoms with van der Waals surface area (Å²) in [6.07, 6.45) is 12.9. The third-order valence-electron chi connectivity index (χ3n) is 6.17. The number of benzene rings is 1. The summed E-state index contributed by atoms with van der Waals surface area (Å²) in [5, 5.41) is 4.35. The number of hydrogen-bond acceptors (Lipinski definition) is 7. The molecular formula is C34H51N7. The fourth-order valence-electron chi connectivity index (χ4n) is 4.31. The second-order valence-corrected chi connectivity index (χ2v) is 9.34. The smallest absolute Gasteiger partial charge is 0.141 e. The van der Waals surface area contributed by atoms with Gasteiger partial charge in [0, 0.05) is 53.9 Å². The van der Waals surface area contributed by atoms with Gasteiger partial charge in [0.25, 0.3) is 0 Å². The monoisotopic (exact) mass is 557 g/mol. The molecule has 7 nitrogen and oxygen atoms in total. The molecule has 1 aromatic carbocycles. The number of aromatic nitrogens is 3. The zero-order chi connectivity index (χ0) is 30.8. The molecule has 0 aliphatic rings. The minimum absolute atomic E-state index is 0.486. The lowest BCUT2D eigenvalue weighted by molar-refractivity contribution is 0.181. The molecule has 0 saturated carbocycles. The number of rotatable bonds is 11. The van der Waals surface area contributed by atoms with Gasteiger partial charge in [-0.3, -0.25) is 14.9 Å². The number of nitrogens with zero attached hydrogens (tertiary/aromatic N) is 5. The van der Waals surface area contributed by atoms with E-state index in [4.69, 9.17) is 5.73 Å². The number of allylic oxidation sites excluding steroid dienone is 5. The summed E-state index contributed by atoms with van der Waals surface area (Å²) in [5.74, 6) is 0.733. The van der Waals surface area contributed by atoms with Crippen LogP contribution in [-0.2, 0) is 0 Å². The van der Waals surface area contributed by atoms with Crippen LogP contribution in [0.5, 0.6) is 0 Å². The third-order valence-corrected chi connectivity index (χ3v) is 6.17. The highest BCUT2D eigenvalue weighted by atomic mass is 15.2. The van der Waals surface area contributed by atoms with Crippen LogP contribution in [0.1, 0.15) is 80.5 Å². The molecule has 0 fully saturated rings. The Morgan fingerprint density at radius 1 is 0.951 bits per heavy atom. The number of fused-ring (bicyclic) bond motifs is 1. The van der Waals surface area contributed by atoms with E-state index in [1.165, 1.54) is 0 Å². The summed E-state index contributed by atoms with van der Waals surface area (Å²) >= 11 is 0. The van der Waals surface area contributed by atoms with Gasteiger partial charge in [-0.15, -0.1) is 0 Å². The van der Waals surface area contributed by atoms with Gasteiger partial charge in [0.05, 0.1) is 17.8 Å². The standard InChI is InChI=1S/C30H39N7.2C2H6/c1-7-9-23(8-2)28-17-26(12-13-33-28)36-30-27-11-10-24(16-29(27)34-20-35-30)25(18-31)19-32-14-15-37(21(3)4)22(5)6;2*1-2/h7-13,16-22H,14-15,31H2,1-6H3,(H,33,34,35,36);2*1-2H3/b9-7-,23-8+,25-18+,32-19?;;. The average Bonchev–Trinajstić information content (AvgIpc) is 2.99. The van der Waals surface area contributed by atoms with Crippen molar-refractivity contribution in [2.24, 2.45) is 10.7 Å². The maximum atomic E-state index is 5.97. The van der Waals surface area contributed by atoms with Gasteiger partial charge in [0.15, 0.2) is 0 Å². The van der Waals surface area contributed by atoms with Crippen LogP contribution in [0.4, 0.5) is 11.5 Å². The normalized spacial score (nSPS) is 12.2. The van der Waals surface area contributed by atoms with Gasteiger partial charge in [0.2, 0.25) is 0 Å². The van der Waals surface area contributed by atoms with Crippen LogP contribution in [0.3, 0.4) is 0 Å². The number of aliphatic imine (C=N–C) groups is 1. The summed E-state index contributed by atoms with van der Waals surface area (Å²) < 4.78 is 0. The van der Waals surface area contributed by atoms with Gasteiger partial charge in [-0.2, -0.15) is 0 Å². The molecule has 0 aliphatic heterocycles. The van der Waals surface area contributed by atoms with E-state index >= 15 is 0 Å². The molecule has 3 N–H and O–H groups in total. The zero-order valence-corrected chi connectivity index (χ0v) is 26.8. The van der Waals surface area contributed by atoms with Gasteiger partial charge in [-0.1, -0.05) is 52.0 Å². The number of nitrogens with one attached hydrogen (secondary N) is 1. The van der Waals surface area contributed by atoms with Crippen LogP contribution >= 0.6 is 0 Å². The summed E-state index contributed by atoms with van der Waals surface area (Å²) in [4.78, 5) is 20.6. The molecule has 7 heteroatoms. The summed E-state index contributed by atoms with van der Waals surface area (Å²) in [6.45, 7) is 22.5. The van der Waals surface area contributed by atoms with Crippen molar-refractivity contribution in [1.29, 1.82) is 0 Å². The highest BCUT2D eigenvalue weighted by molar-refractivity contribution is 6.10. The van der Waals surface area contributed by atoms with Crippen LogP contribution in [-0.4, -0.2) is 51.2 Å². The second-order valence-electron chi connectivity index (χ2n) is 9.34. The van der Waals surface area contributed by atoms with Crippen molar-refractivity contribution in [2.75, 3.05) is 18.4 Å². The second kappa shape index (κ2) is 19.3. The lowest BCUT2D eigenvalue weighted by Gasteiger charge is -2.29. The van der Waals surface area contributed by atoms with Crippen molar-refractivity contribution >= 4 is 39.8 Å². The Morgan fingerprint density at radius 2 is 1.66 bits per heavy atom. The first-order chi connectivity index (χ1) is 19.9. The minimum atomic E-state index is 0.486. The van der Waals surface area contributed by atoms with Crippen LogP contribution < -0.4 is 11.1 Å². The van der Waals surface area contributed by atoms with E-state index in [0.29, 0.717) is 18.6 Å². The van der Waals surface area contributed by atoms with Crippen LogP contribution in [0.15, 0.2) is 72.3 Å². The van der Waals surface area contributed by atoms with Crippen LogP contribution in [0.25, 0.3) is 22.0 Å². The third kappa shape index (κ3) is 10.6. The van der Waals surface area contributed by atoms with E-state index in [0.717, 1.165) is 51.4 Å². The van der Waals surface area contributed by atoms with Gasteiger partial charge in [-0.25, -0.2) is 9.97 Å². The Labute approximate surface area is 248 Å². The first kappa shape index (κ1) is 35.2. The van der Waals surface area contributed by atoms with Crippen molar-refractivity contribution in [1.82, 2.24) is 19.9 Å². The highest BCUT2D eigenvalue weighted by Crippen LogP contribution is 2.26. The predicted molar refractivity (Wildman–Crippen MR) is 181 cm³/mol. The molecule has 0 bridgehead atoms. The van der Waals surface area contributed by atoms with E-state index < -0.39 is 0 Å². The van der Waals surface area contributed by atoms with Crippen molar-refractivity contribution in [2.45, 2.75) is 81.3 Å². The Bertz CT molecular complexity index is 1300. The van der Waals surface area contributed by atoms with Gasteiger partial charge in [0.1, 0.15) is 12.1 Å². The maximum absolute atomic E-state index is 5.97. The molecule has 0 aliphatic carbocycles. The van der Waals surface area contributed by atoms with E-state index in [1.807, 2.05) is 96.3 Å². The van der Waals surface area contributed by atoms with Crippen molar-refractivity contribution in [3.8, 4) is 0 Å². The SMILES string of the molecule is C/C=C\C(=C/C)c1cc(Nc2ncnc3cc(/C(C=NCCN(C(C)C)C(C)C)=C/N)ccc23)ccn1.CC.CC. The molecule has 2 aromatic heterocycles. The van der Waals surface area contributed by atoms with Crippen molar-refractivity contribution in [3.05, 3.63) is 78.5 Å². The van der Waals surface area contributed by atoms with Crippen LogP contribution in [0.2, 0.25) is 0 Å². The Balaban J connectivity index is 0.00000201. The topological polar surface area (TPSA) is 92.3 Å². The van der Waals surface area contributed by atoms with Gasteiger partial charge >= 0.3 is 0 Å². The largest absolute Gasteiger partial charge is 0.404 e. The van der Waals surface area contributed by atoms with Crippen molar-refractivity contribution < 1.29 is 0 Å². The number of anilines is 2.